The Kier molecular flexibility index (Phi) is 3.94. The number of nitrogens with two attached hydrogens (primary N) is 1. The topological polar surface area (TPSA) is 66.0 Å². The van der Waals surface area contributed by atoms with Gasteiger partial charge in [0.25, 0.3) is 0 Å². The van der Waals surface area contributed by atoms with Crippen molar-refractivity contribution in [2.24, 2.45) is 5.73 Å². The van der Waals surface area contributed by atoms with E-state index in [0.29, 0.717) is 6.54 Å². The van der Waals surface area contributed by atoms with Crippen LogP contribution in [0.25, 0.3) is 11.3 Å². The molecular weight excluding hydrogens is 228 g/mol. The minimum Gasteiger partial charge on any atom is -0.497 e. The van der Waals surface area contributed by atoms with E-state index in [0.717, 1.165) is 35.5 Å². The molecule has 0 aliphatic carbocycles. The van der Waals surface area contributed by atoms with Crippen LogP contribution >= 0.6 is 0 Å². The summed E-state index contributed by atoms with van der Waals surface area (Å²) in [6.07, 6.45) is 2.78. The van der Waals surface area contributed by atoms with Gasteiger partial charge in [0.05, 0.1) is 19.0 Å². The number of hydrogen-bond donors (Lipinski definition) is 1. The van der Waals surface area contributed by atoms with Gasteiger partial charge in [-0.05, 0) is 24.1 Å². The van der Waals surface area contributed by atoms with Crippen LogP contribution in [0.3, 0.4) is 0 Å². The lowest BCUT2D eigenvalue weighted by atomic mass is 10.0. The van der Waals surface area contributed by atoms with Crippen molar-refractivity contribution in [2.75, 3.05) is 7.11 Å². The molecule has 96 valence electrons. The molecule has 0 saturated carbocycles. The highest BCUT2D eigenvalue weighted by Gasteiger charge is 2.11. The molecule has 0 aliphatic heterocycles. The summed E-state index contributed by atoms with van der Waals surface area (Å²) in [4.78, 5) is 0. The van der Waals surface area contributed by atoms with Crippen LogP contribution in [0.1, 0.15) is 18.9 Å². The number of nitrogens with zero attached hydrogens (tertiary/aromatic N) is 3. The Morgan fingerprint density at radius 1 is 1.39 bits per heavy atom. The molecule has 2 aromatic rings. The zero-order valence-electron chi connectivity index (χ0n) is 10.8. The summed E-state index contributed by atoms with van der Waals surface area (Å²) in [6, 6.07) is 5.88. The van der Waals surface area contributed by atoms with E-state index in [1.807, 2.05) is 22.9 Å². The highest BCUT2D eigenvalue weighted by Crippen LogP contribution is 2.27. The molecule has 1 aromatic carbocycles. The maximum absolute atomic E-state index is 5.78. The van der Waals surface area contributed by atoms with Crippen molar-refractivity contribution < 1.29 is 4.74 Å². The van der Waals surface area contributed by atoms with E-state index in [4.69, 9.17) is 10.5 Å². The van der Waals surface area contributed by atoms with Crippen LogP contribution in [0.4, 0.5) is 0 Å². The van der Waals surface area contributed by atoms with Crippen molar-refractivity contribution >= 4 is 0 Å². The molecule has 0 saturated heterocycles. The summed E-state index contributed by atoms with van der Waals surface area (Å²) in [6.45, 7) is 3.44. The predicted octanol–water partition coefficient (Wildman–Crippen LogP) is 1.82. The molecule has 0 bridgehead atoms. The Bertz CT molecular complexity index is 521. The van der Waals surface area contributed by atoms with Crippen LogP contribution in [0.15, 0.2) is 24.4 Å². The number of ether oxygens (including phenoxy) is 1. The Morgan fingerprint density at radius 3 is 2.89 bits per heavy atom. The van der Waals surface area contributed by atoms with Crippen LogP contribution in [-0.2, 0) is 13.1 Å². The second kappa shape index (κ2) is 5.64. The molecule has 0 amide bonds. The monoisotopic (exact) mass is 246 g/mol. The molecular formula is C13H18N4O. The van der Waals surface area contributed by atoms with Crippen molar-refractivity contribution in [1.82, 2.24) is 15.0 Å². The predicted molar refractivity (Wildman–Crippen MR) is 70.2 cm³/mol. The third-order valence-corrected chi connectivity index (χ3v) is 2.87. The van der Waals surface area contributed by atoms with Gasteiger partial charge >= 0.3 is 0 Å². The summed E-state index contributed by atoms with van der Waals surface area (Å²) >= 11 is 0. The van der Waals surface area contributed by atoms with Gasteiger partial charge < -0.3 is 10.5 Å². The first-order valence-corrected chi connectivity index (χ1v) is 6.06. The van der Waals surface area contributed by atoms with E-state index in [1.165, 1.54) is 0 Å². The highest BCUT2D eigenvalue weighted by atomic mass is 16.5. The molecule has 0 radical (unpaired) electrons. The lowest BCUT2D eigenvalue weighted by Gasteiger charge is -2.11. The van der Waals surface area contributed by atoms with E-state index in [-0.39, 0.29) is 0 Å². The van der Waals surface area contributed by atoms with Crippen LogP contribution in [0.5, 0.6) is 5.75 Å². The molecule has 1 heterocycles. The van der Waals surface area contributed by atoms with Gasteiger partial charge in [-0.1, -0.05) is 18.2 Å². The zero-order valence-corrected chi connectivity index (χ0v) is 10.8. The average molecular weight is 246 g/mol. The first-order chi connectivity index (χ1) is 8.80. The fourth-order valence-electron chi connectivity index (χ4n) is 1.94. The SMILES string of the molecule is CCCn1nncc1-c1cc(OC)ccc1CN. The Labute approximate surface area is 107 Å². The van der Waals surface area contributed by atoms with E-state index in [2.05, 4.69) is 17.2 Å². The summed E-state index contributed by atoms with van der Waals surface area (Å²) in [7, 11) is 1.66. The van der Waals surface area contributed by atoms with Crippen LogP contribution < -0.4 is 10.5 Å². The van der Waals surface area contributed by atoms with Gasteiger partial charge in [-0.3, -0.25) is 0 Å². The van der Waals surface area contributed by atoms with E-state index in [9.17, 15) is 0 Å². The quantitative estimate of drug-likeness (QED) is 0.874. The van der Waals surface area contributed by atoms with Crippen molar-refractivity contribution in [2.45, 2.75) is 26.4 Å². The maximum Gasteiger partial charge on any atom is 0.119 e. The average Bonchev–Trinajstić information content (AvgIpc) is 2.86. The Balaban J connectivity index is 2.50. The number of aromatic nitrogens is 3. The summed E-state index contributed by atoms with van der Waals surface area (Å²) in [5, 5.41) is 8.08. The number of benzene rings is 1. The van der Waals surface area contributed by atoms with E-state index >= 15 is 0 Å². The summed E-state index contributed by atoms with van der Waals surface area (Å²) in [5.74, 6) is 0.812. The van der Waals surface area contributed by atoms with Crippen LogP contribution in [-0.4, -0.2) is 22.1 Å². The van der Waals surface area contributed by atoms with Gasteiger partial charge in [-0.15, -0.1) is 5.10 Å². The number of rotatable bonds is 5. The fourth-order valence-corrected chi connectivity index (χ4v) is 1.94. The third kappa shape index (κ3) is 2.36. The minimum atomic E-state index is 0.483. The van der Waals surface area contributed by atoms with E-state index < -0.39 is 0 Å². The Hall–Kier alpha value is -1.88. The highest BCUT2D eigenvalue weighted by molar-refractivity contribution is 5.65. The zero-order chi connectivity index (χ0) is 13.0. The molecule has 2 N–H and O–H groups in total. The maximum atomic E-state index is 5.78. The molecule has 0 aliphatic rings. The molecule has 5 nitrogen and oxygen atoms in total. The van der Waals surface area contributed by atoms with Gasteiger partial charge in [-0.2, -0.15) is 0 Å². The molecule has 2 rings (SSSR count). The molecule has 0 spiro atoms. The largest absolute Gasteiger partial charge is 0.497 e. The molecule has 0 fully saturated rings. The van der Waals surface area contributed by atoms with Crippen molar-refractivity contribution in [3.05, 3.63) is 30.0 Å². The summed E-state index contributed by atoms with van der Waals surface area (Å²) in [5.41, 5.74) is 8.87. The van der Waals surface area contributed by atoms with Gasteiger partial charge in [0, 0.05) is 18.7 Å². The van der Waals surface area contributed by atoms with Gasteiger partial charge in [0.15, 0.2) is 0 Å². The lowest BCUT2D eigenvalue weighted by molar-refractivity contribution is 0.415. The normalized spacial score (nSPS) is 10.6. The van der Waals surface area contributed by atoms with Gasteiger partial charge in [-0.25, -0.2) is 4.68 Å². The van der Waals surface area contributed by atoms with Crippen LogP contribution in [0.2, 0.25) is 0 Å². The second-order valence-corrected chi connectivity index (χ2v) is 4.07. The first-order valence-electron chi connectivity index (χ1n) is 6.06. The Morgan fingerprint density at radius 2 is 2.22 bits per heavy atom. The first kappa shape index (κ1) is 12.6. The molecule has 0 unspecified atom stereocenters. The van der Waals surface area contributed by atoms with Crippen molar-refractivity contribution in [1.29, 1.82) is 0 Å². The van der Waals surface area contributed by atoms with Gasteiger partial charge in [0.2, 0.25) is 0 Å². The fraction of sp³-hybridized carbons (Fsp3) is 0.385. The number of methoxy groups -OCH3 is 1. The number of aryl methyl sites for hydroxylation is 1. The summed E-state index contributed by atoms with van der Waals surface area (Å²) < 4.78 is 7.16. The second-order valence-electron chi connectivity index (χ2n) is 4.07. The van der Waals surface area contributed by atoms with Gasteiger partial charge in [0.1, 0.15) is 5.75 Å². The standard InChI is InChI=1S/C13H18N4O/c1-3-6-17-13(9-15-16-17)12-7-11(18-2)5-4-10(12)8-14/h4-5,7,9H,3,6,8,14H2,1-2H3. The van der Waals surface area contributed by atoms with E-state index in [1.54, 1.807) is 13.3 Å². The lowest BCUT2D eigenvalue weighted by Crippen LogP contribution is -2.05. The van der Waals surface area contributed by atoms with Crippen molar-refractivity contribution in [3.8, 4) is 17.0 Å². The van der Waals surface area contributed by atoms with Crippen molar-refractivity contribution in [3.63, 3.8) is 0 Å². The number of hydrogen-bond acceptors (Lipinski definition) is 4. The smallest absolute Gasteiger partial charge is 0.119 e. The molecule has 1 aromatic heterocycles. The third-order valence-electron chi connectivity index (χ3n) is 2.87. The minimum absolute atomic E-state index is 0.483. The van der Waals surface area contributed by atoms with Crippen LogP contribution in [0, 0.1) is 0 Å². The molecule has 0 atom stereocenters. The molecule has 5 heteroatoms. The molecule has 18 heavy (non-hydrogen) atoms.